The number of fused-ring (bicyclic) bond motifs is 1. The molecule has 21 heavy (non-hydrogen) atoms. The van der Waals surface area contributed by atoms with Gasteiger partial charge in [-0.3, -0.25) is 9.59 Å². The second-order valence-electron chi connectivity index (χ2n) is 5.98. The molecule has 4 heteroatoms. The molecular formula is C17H22N2O2. The second kappa shape index (κ2) is 6.29. The molecule has 0 unspecified atom stereocenters. The van der Waals surface area contributed by atoms with E-state index in [-0.39, 0.29) is 11.8 Å². The third kappa shape index (κ3) is 3.26. The Morgan fingerprint density at radius 1 is 1.00 bits per heavy atom. The average molecular weight is 286 g/mol. The van der Waals surface area contributed by atoms with Crippen LogP contribution in [0.15, 0.2) is 18.2 Å². The molecule has 0 saturated carbocycles. The molecular weight excluding hydrogens is 264 g/mol. The maximum atomic E-state index is 12.7. The lowest BCUT2D eigenvalue weighted by molar-refractivity contribution is -0.116. The molecule has 0 aromatic heterocycles. The van der Waals surface area contributed by atoms with E-state index in [2.05, 4.69) is 5.32 Å². The molecule has 1 N–H and O–H groups in total. The van der Waals surface area contributed by atoms with E-state index in [0.29, 0.717) is 6.42 Å². The van der Waals surface area contributed by atoms with Gasteiger partial charge >= 0.3 is 0 Å². The van der Waals surface area contributed by atoms with Crippen molar-refractivity contribution in [1.29, 1.82) is 0 Å². The van der Waals surface area contributed by atoms with E-state index in [1.807, 2.05) is 23.1 Å². The SMILES string of the molecule is O=C1CCc2cc(C(=O)N3CCCCCCC3)ccc2N1. The van der Waals surface area contributed by atoms with E-state index in [1.165, 1.54) is 19.3 Å². The summed E-state index contributed by atoms with van der Waals surface area (Å²) < 4.78 is 0. The molecule has 2 heterocycles. The summed E-state index contributed by atoms with van der Waals surface area (Å²) in [6.07, 6.45) is 7.18. The van der Waals surface area contributed by atoms with Crippen molar-refractivity contribution in [3.63, 3.8) is 0 Å². The molecule has 2 aliphatic rings. The Labute approximate surface area is 125 Å². The Kier molecular flexibility index (Phi) is 4.23. The van der Waals surface area contributed by atoms with Crippen LogP contribution in [-0.2, 0) is 11.2 Å². The van der Waals surface area contributed by atoms with Crippen LogP contribution in [0.5, 0.6) is 0 Å². The van der Waals surface area contributed by atoms with Gasteiger partial charge in [0.2, 0.25) is 5.91 Å². The number of hydrogen-bond donors (Lipinski definition) is 1. The van der Waals surface area contributed by atoms with Gasteiger partial charge in [0.15, 0.2) is 0 Å². The normalized spacial score (nSPS) is 19.2. The fourth-order valence-corrected chi connectivity index (χ4v) is 3.15. The van der Waals surface area contributed by atoms with Gasteiger partial charge in [-0.2, -0.15) is 0 Å². The van der Waals surface area contributed by atoms with Crippen molar-refractivity contribution in [2.75, 3.05) is 18.4 Å². The van der Waals surface area contributed by atoms with E-state index in [9.17, 15) is 9.59 Å². The molecule has 2 aliphatic heterocycles. The molecule has 0 bridgehead atoms. The minimum atomic E-state index is 0.0605. The van der Waals surface area contributed by atoms with Gasteiger partial charge in [0.1, 0.15) is 0 Å². The van der Waals surface area contributed by atoms with Gasteiger partial charge in [-0.1, -0.05) is 19.3 Å². The lowest BCUT2D eigenvalue weighted by Gasteiger charge is -2.25. The molecule has 1 saturated heterocycles. The molecule has 0 atom stereocenters. The highest BCUT2D eigenvalue weighted by Crippen LogP contribution is 2.24. The first-order chi connectivity index (χ1) is 10.2. The zero-order chi connectivity index (χ0) is 14.7. The summed E-state index contributed by atoms with van der Waals surface area (Å²) in [7, 11) is 0. The van der Waals surface area contributed by atoms with Crippen molar-refractivity contribution in [2.45, 2.75) is 44.9 Å². The van der Waals surface area contributed by atoms with Gasteiger partial charge in [0.25, 0.3) is 5.91 Å². The van der Waals surface area contributed by atoms with Crippen LogP contribution in [0, 0.1) is 0 Å². The topological polar surface area (TPSA) is 49.4 Å². The van der Waals surface area contributed by atoms with Gasteiger partial charge < -0.3 is 10.2 Å². The molecule has 1 fully saturated rings. The predicted molar refractivity (Wildman–Crippen MR) is 82.4 cm³/mol. The van der Waals surface area contributed by atoms with Crippen molar-refractivity contribution in [1.82, 2.24) is 4.90 Å². The molecule has 0 radical (unpaired) electrons. The number of carbonyl (C=O) groups excluding carboxylic acids is 2. The van der Waals surface area contributed by atoms with Crippen LogP contribution in [0.4, 0.5) is 5.69 Å². The standard InChI is InChI=1S/C17H22N2O2/c20-16-9-7-13-12-14(6-8-15(13)18-16)17(21)19-10-4-2-1-3-5-11-19/h6,8,12H,1-5,7,9-11H2,(H,18,20). The second-order valence-corrected chi connectivity index (χ2v) is 5.98. The summed E-state index contributed by atoms with van der Waals surface area (Å²) in [6.45, 7) is 1.74. The van der Waals surface area contributed by atoms with Gasteiger partial charge in [0, 0.05) is 30.8 Å². The number of benzene rings is 1. The van der Waals surface area contributed by atoms with E-state index in [4.69, 9.17) is 0 Å². The number of likely N-dealkylation sites (tertiary alicyclic amines) is 1. The monoisotopic (exact) mass is 286 g/mol. The number of nitrogens with one attached hydrogen (secondary N) is 1. The summed E-state index contributed by atoms with van der Waals surface area (Å²) in [5.41, 5.74) is 2.69. The van der Waals surface area contributed by atoms with Crippen LogP contribution in [0.25, 0.3) is 0 Å². The van der Waals surface area contributed by atoms with Gasteiger partial charge in [0.05, 0.1) is 0 Å². The molecule has 0 spiro atoms. The maximum absolute atomic E-state index is 12.7. The average Bonchev–Trinajstić information content (AvgIpc) is 2.46. The van der Waals surface area contributed by atoms with Crippen molar-refractivity contribution >= 4 is 17.5 Å². The number of aryl methyl sites for hydroxylation is 1. The smallest absolute Gasteiger partial charge is 0.253 e. The Morgan fingerprint density at radius 2 is 1.71 bits per heavy atom. The van der Waals surface area contributed by atoms with Crippen LogP contribution in [0.1, 0.15) is 54.4 Å². The molecule has 112 valence electrons. The lowest BCUT2D eigenvalue weighted by atomic mass is 9.99. The van der Waals surface area contributed by atoms with Gasteiger partial charge in [-0.05, 0) is 43.0 Å². The van der Waals surface area contributed by atoms with Crippen LogP contribution < -0.4 is 5.32 Å². The third-order valence-electron chi connectivity index (χ3n) is 4.39. The fraction of sp³-hybridized carbons (Fsp3) is 0.529. The number of carbonyl (C=O) groups is 2. The number of anilines is 1. The Morgan fingerprint density at radius 3 is 2.48 bits per heavy atom. The summed E-state index contributed by atoms with van der Waals surface area (Å²) in [5, 5.41) is 2.86. The Bertz CT molecular complexity index is 546. The van der Waals surface area contributed by atoms with Crippen molar-refractivity contribution < 1.29 is 9.59 Å². The van der Waals surface area contributed by atoms with E-state index in [1.54, 1.807) is 0 Å². The van der Waals surface area contributed by atoms with Crippen LogP contribution >= 0.6 is 0 Å². The van der Waals surface area contributed by atoms with Gasteiger partial charge in [-0.25, -0.2) is 0 Å². The van der Waals surface area contributed by atoms with Crippen molar-refractivity contribution in [2.24, 2.45) is 0 Å². The van der Waals surface area contributed by atoms with Crippen LogP contribution in [0.2, 0.25) is 0 Å². The third-order valence-corrected chi connectivity index (χ3v) is 4.39. The highest BCUT2D eigenvalue weighted by molar-refractivity contribution is 5.97. The minimum absolute atomic E-state index is 0.0605. The largest absolute Gasteiger partial charge is 0.339 e. The molecule has 3 rings (SSSR count). The predicted octanol–water partition coefficient (Wildman–Crippen LogP) is 2.98. The Balaban J connectivity index is 1.76. The lowest BCUT2D eigenvalue weighted by Crippen LogP contribution is -2.34. The highest BCUT2D eigenvalue weighted by Gasteiger charge is 2.20. The molecule has 2 amide bonds. The quantitative estimate of drug-likeness (QED) is 0.863. The summed E-state index contributed by atoms with van der Waals surface area (Å²) >= 11 is 0. The first kappa shape index (κ1) is 14.1. The number of hydrogen-bond acceptors (Lipinski definition) is 2. The minimum Gasteiger partial charge on any atom is -0.339 e. The number of nitrogens with zero attached hydrogens (tertiary/aromatic N) is 1. The summed E-state index contributed by atoms with van der Waals surface area (Å²) in [6, 6.07) is 5.66. The Hall–Kier alpha value is -1.84. The zero-order valence-electron chi connectivity index (χ0n) is 12.4. The van der Waals surface area contributed by atoms with E-state index < -0.39 is 0 Å². The molecule has 4 nitrogen and oxygen atoms in total. The maximum Gasteiger partial charge on any atom is 0.253 e. The number of amides is 2. The van der Waals surface area contributed by atoms with Crippen molar-refractivity contribution in [3.8, 4) is 0 Å². The molecule has 0 aliphatic carbocycles. The van der Waals surface area contributed by atoms with E-state index >= 15 is 0 Å². The van der Waals surface area contributed by atoms with Crippen molar-refractivity contribution in [3.05, 3.63) is 29.3 Å². The molecule has 1 aromatic carbocycles. The van der Waals surface area contributed by atoms with Crippen LogP contribution in [0.3, 0.4) is 0 Å². The number of rotatable bonds is 1. The van der Waals surface area contributed by atoms with Crippen LogP contribution in [-0.4, -0.2) is 29.8 Å². The first-order valence-corrected chi connectivity index (χ1v) is 7.96. The fourth-order valence-electron chi connectivity index (χ4n) is 3.15. The highest BCUT2D eigenvalue weighted by atomic mass is 16.2. The zero-order valence-corrected chi connectivity index (χ0v) is 12.4. The summed E-state index contributed by atoms with van der Waals surface area (Å²) in [5.74, 6) is 0.196. The van der Waals surface area contributed by atoms with Gasteiger partial charge in [-0.15, -0.1) is 0 Å². The molecule has 1 aromatic rings. The van der Waals surface area contributed by atoms with E-state index in [0.717, 1.165) is 49.2 Å². The summed E-state index contributed by atoms with van der Waals surface area (Å²) in [4.78, 5) is 26.0. The first-order valence-electron chi connectivity index (χ1n) is 7.96.